The van der Waals surface area contributed by atoms with E-state index in [1.54, 1.807) is 0 Å². The highest BCUT2D eigenvalue weighted by Gasteiger charge is 2.00. The van der Waals surface area contributed by atoms with E-state index in [0.29, 0.717) is 9.27 Å². The van der Waals surface area contributed by atoms with E-state index in [4.69, 9.17) is 22.3 Å². The van der Waals surface area contributed by atoms with Gasteiger partial charge in [0.2, 0.25) is 0 Å². The predicted molar refractivity (Wildman–Crippen MR) is 70.4 cm³/mol. The Morgan fingerprint density at radius 1 is 1.56 bits per heavy atom. The summed E-state index contributed by atoms with van der Waals surface area (Å²) in [5, 5.41) is 18.4. The quantitative estimate of drug-likeness (QED) is 0.647. The van der Waals surface area contributed by atoms with Crippen molar-refractivity contribution in [1.29, 1.82) is 10.7 Å². The minimum absolute atomic E-state index is 0.106. The van der Waals surface area contributed by atoms with Gasteiger partial charge in [0, 0.05) is 11.9 Å². The average molecular weight is 350 g/mol. The molecule has 1 aromatic rings. The van der Waals surface area contributed by atoms with Crippen LogP contribution in [0.1, 0.15) is 5.56 Å². The number of hydrogen-bond donors (Lipinski definition) is 2. The molecule has 0 bridgehead atoms. The lowest BCUT2D eigenvalue weighted by Gasteiger charge is -2.02. The van der Waals surface area contributed by atoms with E-state index in [1.165, 1.54) is 18.3 Å². The van der Waals surface area contributed by atoms with Gasteiger partial charge in [-0.1, -0.05) is 11.6 Å². The minimum Gasteiger partial charge on any atom is -0.360 e. The topological polar surface area (TPSA) is 59.7 Å². The molecule has 0 radical (unpaired) electrons. The monoisotopic (exact) mass is 349 g/mol. The van der Waals surface area contributed by atoms with Gasteiger partial charge < -0.3 is 5.32 Å². The third kappa shape index (κ3) is 3.79. The largest absolute Gasteiger partial charge is 0.360 e. The molecule has 3 nitrogen and oxygen atoms in total. The van der Waals surface area contributed by atoms with Gasteiger partial charge in [-0.3, -0.25) is 5.41 Å². The van der Waals surface area contributed by atoms with Gasteiger partial charge in [0.25, 0.3) is 0 Å². The van der Waals surface area contributed by atoms with Gasteiger partial charge in [-0.05, 0) is 40.8 Å². The Balaban J connectivity index is 2.91. The molecule has 82 valence electrons. The molecule has 0 amide bonds. The molecule has 0 unspecified atom stereocenters. The molecule has 0 saturated carbocycles. The molecule has 0 aromatic heterocycles. The second kappa shape index (κ2) is 5.82. The summed E-state index contributed by atoms with van der Waals surface area (Å²) < 4.78 is 13.5. The van der Waals surface area contributed by atoms with Gasteiger partial charge in [-0.15, -0.1) is 0 Å². The van der Waals surface area contributed by atoms with E-state index in [2.05, 4.69) is 5.32 Å². The lowest BCUT2D eigenvalue weighted by atomic mass is 10.2. The smallest absolute Gasteiger partial charge is 0.135 e. The lowest BCUT2D eigenvalue weighted by molar-refractivity contribution is 0.628. The number of nitrogens with zero attached hydrogens (tertiary/aromatic N) is 1. The summed E-state index contributed by atoms with van der Waals surface area (Å²) in [4.78, 5) is 0. The van der Waals surface area contributed by atoms with Crippen LogP contribution in [0.3, 0.4) is 0 Å². The summed E-state index contributed by atoms with van der Waals surface area (Å²) in [5.74, 6) is -0.495. The fourth-order valence-corrected chi connectivity index (χ4v) is 1.16. The minimum atomic E-state index is -0.495. The Morgan fingerprint density at radius 3 is 2.81 bits per heavy atom. The van der Waals surface area contributed by atoms with Gasteiger partial charge in [0.05, 0.1) is 15.2 Å². The normalized spacial score (nSPS) is 10.8. The van der Waals surface area contributed by atoms with E-state index in [-0.39, 0.29) is 10.7 Å². The van der Waals surface area contributed by atoms with Crippen LogP contribution in [-0.4, -0.2) is 5.17 Å². The second-order valence-corrected chi connectivity index (χ2v) is 4.33. The van der Waals surface area contributed by atoms with Crippen LogP contribution in [0.25, 0.3) is 0 Å². The number of rotatable bonds is 3. The number of allylic oxidation sites excluding steroid dienone is 1. The molecule has 0 aliphatic rings. The number of hydrogen-bond acceptors (Lipinski definition) is 3. The molecule has 0 fully saturated rings. The molecule has 0 atom stereocenters. The molecule has 0 saturated heterocycles. The summed E-state index contributed by atoms with van der Waals surface area (Å²) >= 11 is 7.29. The maximum absolute atomic E-state index is 13.0. The first-order valence-electron chi connectivity index (χ1n) is 4.10. The molecule has 16 heavy (non-hydrogen) atoms. The van der Waals surface area contributed by atoms with Gasteiger partial charge >= 0.3 is 0 Å². The van der Waals surface area contributed by atoms with Crippen molar-refractivity contribution in [3.05, 3.63) is 39.4 Å². The molecular formula is C10H6ClFIN3. The molecule has 6 heteroatoms. The number of nitrogens with one attached hydrogen (secondary N) is 2. The maximum atomic E-state index is 13.0. The fraction of sp³-hybridized carbons (Fsp3) is 0. The maximum Gasteiger partial charge on any atom is 0.135 e. The van der Waals surface area contributed by atoms with Crippen LogP contribution in [-0.2, 0) is 0 Å². The molecule has 0 spiro atoms. The van der Waals surface area contributed by atoms with Crippen molar-refractivity contribution in [3.8, 4) is 6.07 Å². The van der Waals surface area contributed by atoms with Gasteiger partial charge in [0.1, 0.15) is 11.0 Å². The molecular weight excluding hydrogens is 343 g/mol. The third-order valence-electron chi connectivity index (χ3n) is 1.60. The van der Waals surface area contributed by atoms with Crippen LogP contribution < -0.4 is 5.32 Å². The van der Waals surface area contributed by atoms with Crippen LogP contribution in [0.4, 0.5) is 10.1 Å². The Labute approximate surface area is 111 Å². The zero-order valence-corrected chi connectivity index (χ0v) is 10.8. The molecule has 1 aromatic carbocycles. The highest BCUT2D eigenvalue weighted by Crippen LogP contribution is 2.16. The summed E-state index contributed by atoms with van der Waals surface area (Å²) in [7, 11) is 0. The van der Waals surface area contributed by atoms with Crippen LogP contribution in [0.2, 0.25) is 0 Å². The molecule has 2 N–H and O–H groups in total. The van der Waals surface area contributed by atoms with Crippen LogP contribution >= 0.6 is 34.2 Å². The van der Waals surface area contributed by atoms with Gasteiger partial charge in [-0.2, -0.15) is 5.26 Å². The zero-order valence-electron chi connectivity index (χ0n) is 7.89. The highest BCUT2D eigenvalue weighted by molar-refractivity contribution is 14.1. The Hall–Kier alpha value is -1.13. The number of nitriles is 1. The predicted octanol–water partition coefficient (Wildman–Crippen LogP) is 3.60. The van der Waals surface area contributed by atoms with Crippen LogP contribution in [0.5, 0.6) is 0 Å². The van der Waals surface area contributed by atoms with Crippen molar-refractivity contribution in [2.24, 2.45) is 0 Å². The van der Waals surface area contributed by atoms with Crippen LogP contribution in [0.15, 0.2) is 28.0 Å². The Morgan fingerprint density at radius 2 is 2.25 bits per heavy atom. The first kappa shape index (κ1) is 12.9. The van der Waals surface area contributed by atoms with Crippen molar-refractivity contribution in [3.63, 3.8) is 0 Å². The fourth-order valence-electron chi connectivity index (χ4n) is 0.948. The lowest BCUT2D eigenvalue weighted by Crippen LogP contribution is -1.93. The number of halogens is 3. The highest BCUT2D eigenvalue weighted by atomic mass is 127. The van der Waals surface area contributed by atoms with E-state index in [9.17, 15) is 4.39 Å². The van der Waals surface area contributed by atoms with E-state index >= 15 is 0 Å². The van der Waals surface area contributed by atoms with Crippen molar-refractivity contribution in [2.45, 2.75) is 0 Å². The van der Waals surface area contributed by atoms with Gasteiger partial charge in [-0.25, -0.2) is 4.39 Å². The standard InChI is InChI=1S/C10H6ClFIN3/c11-10(15)9(13)5-16-8-2-6(4-14)1-7(12)3-8/h1-3,5,15-16H/b9-5+,15-10?. The van der Waals surface area contributed by atoms with Gasteiger partial charge in [0.15, 0.2) is 0 Å². The summed E-state index contributed by atoms with van der Waals surface area (Å²) in [6.45, 7) is 0. The molecule has 0 aliphatic heterocycles. The summed E-state index contributed by atoms with van der Waals surface area (Å²) in [6.07, 6.45) is 1.46. The van der Waals surface area contributed by atoms with E-state index in [1.807, 2.05) is 28.7 Å². The SMILES string of the molecule is N#Cc1cc(F)cc(N/C=C(/I)C(=N)Cl)c1. The van der Waals surface area contributed by atoms with Crippen molar-refractivity contribution in [1.82, 2.24) is 0 Å². The summed E-state index contributed by atoms with van der Waals surface area (Å²) in [6, 6.07) is 5.74. The Kier molecular flexibility index (Phi) is 4.71. The third-order valence-corrected chi connectivity index (χ3v) is 2.98. The van der Waals surface area contributed by atoms with Crippen molar-refractivity contribution in [2.75, 3.05) is 5.32 Å². The number of anilines is 1. The first-order valence-corrected chi connectivity index (χ1v) is 5.56. The first-order chi connectivity index (χ1) is 7.52. The van der Waals surface area contributed by atoms with E-state index in [0.717, 1.165) is 6.07 Å². The molecule has 0 aliphatic carbocycles. The zero-order chi connectivity index (χ0) is 12.1. The summed E-state index contributed by atoms with van der Waals surface area (Å²) in [5.41, 5.74) is 0.662. The Bertz CT molecular complexity index is 493. The van der Waals surface area contributed by atoms with E-state index < -0.39 is 5.82 Å². The molecule has 0 heterocycles. The van der Waals surface area contributed by atoms with Crippen LogP contribution in [0, 0.1) is 22.6 Å². The average Bonchev–Trinajstić information content (AvgIpc) is 2.24. The number of benzene rings is 1. The van der Waals surface area contributed by atoms with Crippen molar-refractivity contribution >= 4 is 45.1 Å². The molecule has 1 rings (SSSR count). The van der Waals surface area contributed by atoms with Crippen molar-refractivity contribution < 1.29 is 4.39 Å². The second-order valence-electron chi connectivity index (χ2n) is 2.79.